The van der Waals surface area contributed by atoms with Crippen LogP contribution in [0.3, 0.4) is 0 Å². The number of nitrogens with zero attached hydrogens (tertiary/aromatic N) is 2. The smallest absolute Gasteiger partial charge is 0.269 e. The molecule has 0 spiro atoms. The van der Waals surface area contributed by atoms with Gasteiger partial charge in [-0.2, -0.15) is 0 Å². The molecule has 0 saturated carbocycles. The number of aryl methyl sites for hydroxylation is 1. The normalized spacial score (nSPS) is 10.1. The summed E-state index contributed by atoms with van der Waals surface area (Å²) in [6, 6.07) is 7.64. The van der Waals surface area contributed by atoms with E-state index >= 15 is 0 Å². The summed E-state index contributed by atoms with van der Waals surface area (Å²) >= 11 is 3.35. The van der Waals surface area contributed by atoms with Crippen molar-refractivity contribution in [1.29, 1.82) is 0 Å². The first-order valence-corrected chi connectivity index (χ1v) is 5.90. The van der Waals surface area contributed by atoms with Crippen molar-refractivity contribution in [3.05, 3.63) is 56.7 Å². The molecule has 92 valence electrons. The highest BCUT2D eigenvalue weighted by Crippen LogP contribution is 2.25. The molecule has 0 fully saturated rings. The third-order valence-corrected chi connectivity index (χ3v) is 3.12. The van der Waals surface area contributed by atoms with E-state index in [1.54, 1.807) is 12.3 Å². The van der Waals surface area contributed by atoms with Gasteiger partial charge in [-0.25, -0.2) is 4.98 Å². The third-order valence-electron chi connectivity index (χ3n) is 2.29. The van der Waals surface area contributed by atoms with E-state index < -0.39 is 4.92 Å². The zero-order chi connectivity index (χ0) is 13.1. The van der Waals surface area contributed by atoms with E-state index in [2.05, 4.69) is 20.9 Å². The van der Waals surface area contributed by atoms with Crippen molar-refractivity contribution < 1.29 is 9.66 Å². The molecule has 0 aliphatic rings. The first kappa shape index (κ1) is 12.5. The van der Waals surface area contributed by atoms with Crippen LogP contribution in [-0.4, -0.2) is 9.91 Å². The number of hydrogen-bond donors (Lipinski definition) is 0. The molecule has 0 saturated heterocycles. The van der Waals surface area contributed by atoms with Gasteiger partial charge in [-0.1, -0.05) is 0 Å². The van der Waals surface area contributed by atoms with Gasteiger partial charge in [0.15, 0.2) is 0 Å². The lowest BCUT2D eigenvalue weighted by Gasteiger charge is -2.05. The number of hydrogen-bond acceptors (Lipinski definition) is 4. The standard InChI is InChI=1S/C12H9BrN2O3/c1-8-6-12(14-7-11(8)13)18-10-4-2-9(3-5-10)15(16)17/h2-7H,1H3. The summed E-state index contributed by atoms with van der Waals surface area (Å²) in [5, 5.41) is 10.5. The number of non-ortho nitro benzene ring substituents is 1. The molecular formula is C12H9BrN2O3. The molecule has 0 aliphatic heterocycles. The molecule has 1 aromatic carbocycles. The first-order valence-electron chi connectivity index (χ1n) is 5.11. The molecular weight excluding hydrogens is 300 g/mol. The highest BCUT2D eigenvalue weighted by atomic mass is 79.9. The number of ether oxygens (including phenoxy) is 1. The van der Waals surface area contributed by atoms with Crippen molar-refractivity contribution in [3.8, 4) is 11.6 Å². The maximum atomic E-state index is 10.5. The fraction of sp³-hybridized carbons (Fsp3) is 0.0833. The van der Waals surface area contributed by atoms with Crippen LogP contribution in [-0.2, 0) is 0 Å². The fourth-order valence-electron chi connectivity index (χ4n) is 1.33. The monoisotopic (exact) mass is 308 g/mol. The highest BCUT2D eigenvalue weighted by molar-refractivity contribution is 9.10. The van der Waals surface area contributed by atoms with E-state index in [1.165, 1.54) is 24.3 Å². The van der Waals surface area contributed by atoms with E-state index in [0.29, 0.717) is 11.6 Å². The Labute approximate surface area is 112 Å². The molecule has 0 radical (unpaired) electrons. The Hall–Kier alpha value is -1.95. The number of nitro benzene ring substituents is 1. The Kier molecular flexibility index (Phi) is 3.57. The molecule has 0 unspecified atom stereocenters. The topological polar surface area (TPSA) is 65.3 Å². The van der Waals surface area contributed by atoms with Crippen LogP contribution < -0.4 is 4.74 Å². The largest absolute Gasteiger partial charge is 0.439 e. The second-order valence-corrected chi connectivity index (χ2v) is 4.48. The molecule has 2 aromatic rings. The molecule has 2 rings (SSSR count). The van der Waals surface area contributed by atoms with Crippen LogP contribution in [0, 0.1) is 17.0 Å². The zero-order valence-electron chi connectivity index (χ0n) is 9.46. The molecule has 0 amide bonds. The van der Waals surface area contributed by atoms with E-state index in [-0.39, 0.29) is 5.69 Å². The van der Waals surface area contributed by atoms with Gasteiger partial charge in [0.05, 0.1) is 4.92 Å². The van der Waals surface area contributed by atoms with Crippen molar-refractivity contribution in [2.45, 2.75) is 6.92 Å². The number of nitro groups is 1. The van der Waals surface area contributed by atoms with Gasteiger partial charge < -0.3 is 4.74 Å². The van der Waals surface area contributed by atoms with E-state index in [9.17, 15) is 10.1 Å². The molecule has 18 heavy (non-hydrogen) atoms. The maximum absolute atomic E-state index is 10.5. The molecule has 0 aliphatic carbocycles. The lowest BCUT2D eigenvalue weighted by atomic mass is 10.3. The van der Waals surface area contributed by atoms with Crippen LogP contribution in [0.4, 0.5) is 5.69 Å². The molecule has 5 nitrogen and oxygen atoms in total. The van der Waals surface area contributed by atoms with Gasteiger partial charge in [-0.05, 0) is 40.5 Å². The van der Waals surface area contributed by atoms with Crippen molar-refractivity contribution >= 4 is 21.6 Å². The second-order valence-electron chi connectivity index (χ2n) is 3.62. The predicted molar refractivity (Wildman–Crippen MR) is 69.8 cm³/mol. The number of rotatable bonds is 3. The van der Waals surface area contributed by atoms with Crippen LogP contribution in [0.1, 0.15) is 5.56 Å². The summed E-state index contributed by atoms with van der Waals surface area (Å²) in [6.45, 7) is 1.93. The fourth-order valence-corrected chi connectivity index (χ4v) is 1.54. The Balaban J connectivity index is 2.18. The summed E-state index contributed by atoms with van der Waals surface area (Å²) in [4.78, 5) is 14.1. The van der Waals surface area contributed by atoms with Gasteiger partial charge in [0.25, 0.3) is 5.69 Å². The molecule has 0 bridgehead atoms. The van der Waals surface area contributed by atoms with Crippen molar-refractivity contribution in [1.82, 2.24) is 4.98 Å². The zero-order valence-corrected chi connectivity index (χ0v) is 11.0. The minimum Gasteiger partial charge on any atom is -0.439 e. The van der Waals surface area contributed by atoms with Crippen LogP contribution in [0.15, 0.2) is 41.0 Å². The summed E-state index contributed by atoms with van der Waals surface area (Å²) in [7, 11) is 0. The molecule has 6 heteroatoms. The van der Waals surface area contributed by atoms with Gasteiger partial charge in [-0.3, -0.25) is 10.1 Å². The number of pyridine rings is 1. The minimum absolute atomic E-state index is 0.0299. The molecule has 0 atom stereocenters. The molecule has 1 aromatic heterocycles. The second kappa shape index (κ2) is 5.14. The number of benzene rings is 1. The average molecular weight is 309 g/mol. The van der Waals surface area contributed by atoms with E-state index in [0.717, 1.165) is 10.0 Å². The SMILES string of the molecule is Cc1cc(Oc2ccc([N+](=O)[O-])cc2)ncc1Br. The lowest BCUT2D eigenvalue weighted by molar-refractivity contribution is -0.384. The predicted octanol–water partition coefficient (Wildman–Crippen LogP) is 3.85. The quantitative estimate of drug-likeness (QED) is 0.638. The highest BCUT2D eigenvalue weighted by Gasteiger charge is 2.06. The van der Waals surface area contributed by atoms with Gasteiger partial charge in [0, 0.05) is 28.9 Å². The van der Waals surface area contributed by atoms with E-state index in [1.807, 2.05) is 6.92 Å². The van der Waals surface area contributed by atoms with Crippen molar-refractivity contribution in [2.24, 2.45) is 0 Å². The summed E-state index contributed by atoms with van der Waals surface area (Å²) < 4.78 is 6.40. The number of aromatic nitrogens is 1. The van der Waals surface area contributed by atoms with Crippen LogP contribution in [0.5, 0.6) is 11.6 Å². The molecule has 0 N–H and O–H groups in total. The third kappa shape index (κ3) is 2.84. The summed E-state index contributed by atoms with van der Waals surface area (Å²) in [5.41, 5.74) is 1.03. The van der Waals surface area contributed by atoms with Crippen LogP contribution in [0.25, 0.3) is 0 Å². The summed E-state index contributed by atoms with van der Waals surface area (Å²) in [6.07, 6.45) is 1.65. The Morgan fingerprint density at radius 2 is 2.00 bits per heavy atom. The molecule has 1 heterocycles. The van der Waals surface area contributed by atoms with Crippen molar-refractivity contribution in [3.63, 3.8) is 0 Å². The summed E-state index contributed by atoms with van der Waals surface area (Å²) in [5.74, 6) is 0.958. The minimum atomic E-state index is -0.453. The average Bonchev–Trinajstić information content (AvgIpc) is 2.34. The van der Waals surface area contributed by atoms with Crippen LogP contribution in [0.2, 0.25) is 0 Å². The number of halogens is 1. The van der Waals surface area contributed by atoms with Crippen LogP contribution >= 0.6 is 15.9 Å². The van der Waals surface area contributed by atoms with Gasteiger partial charge in [0.1, 0.15) is 5.75 Å². The van der Waals surface area contributed by atoms with Gasteiger partial charge >= 0.3 is 0 Å². The van der Waals surface area contributed by atoms with Gasteiger partial charge in [-0.15, -0.1) is 0 Å². The van der Waals surface area contributed by atoms with Gasteiger partial charge in [0.2, 0.25) is 5.88 Å². The first-order chi connectivity index (χ1) is 8.56. The van der Waals surface area contributed by atoms with Crippen molar-refractivity contribution in [2.75, 3.05) is 0 Å². The Morgan fingerprint density at radius 3 is 2.56 bits per heavy atom. The Bertz CT molecular complexity index is 584. The van der Waals surface area contributed by atoms with E-state index in [4.69, 9.17) is 4.74 Å². The maximum Gasteiger partial charge on any atom is 0.269 e. The Morgan fingerprint density at radius 1 is 1.33 bits per heavy atom. The lowest BCUT2D eigenvalue weighted by Crippen LogP contribution is -1.90.